The molecule has 1 N–H and O–H groups in total. The summed E-state index contributed by atoms with van der Waals surface area (Å²) < 4.78 is 0. The SMILES string of the molecule is CN1CCC2(CC2CNC2CC2)C1. The van der Waals surface area contributed by atoms with Crippen molar-refractivity contribution in [1.82, 2.24) is 10.2 Å². The molecule has 0 aromatic carbocycles. The Balaban J connectivity index is 1.48. The highest BCUT2D eigenvalue weighted by atomic mass is 15.1. The van der Waals surface area contributed by atoms with E-state index in [1.54, 1.807) is 0 Å². The highest BCUT2D eigenvalue weighted by molar-refractivity contribution is 5.08. The van der Waals surface area contributed by atoms with Gasteiger partial charge in [-0.3, -0.25) is 0 Å². The fourth-order valence-corrected chi connectivity index (χ4v) is 2.93. The van der Waals surface area contributed by atoms with Gasteiger partial charge in [-0.1, -0.05) is 0 Å². The Bertz CT molecular complexity index is 212. The first-order valence-corrected chi connectivity index (χ1v) is 5.70. The second kappa shape index (κ2) is 2.71. The molecule has 1 aliphatic heterocycles. The lowest BCUT2D eigenvalue weighted by Gasteiger charge is -2.10. The average molecular weight is 180 g/mol. The van der Waals surface area contributed by atoms with Crippen molar-refractivity contribution in [3.63, 3.8) is 0 Å². The van der Waals surface area contributed by atoms with Crippen LogP contribution in [0.15, 0.2) is 0 Å². The molecule has 2 nitrogen and oxygen atoms in total. The number of nitrogens with zero attached hydrogens (tertiary/aromatic N) is 1. The molecule has 0 aromatic rings. The number of nitrogens with one attached hydrogen (secondary N) is 1. The Morgan fingerprint density at radius 1 is 1.46 bits per heavy atom. The molecule has 74 valence electrons. The van der Waals surface area contributed by atoms with Gasteiger partial charge in [-0.15, -0.1) is 0 Å². The zero-order valence-electron chi connectivity index (χ0n) is 8.55. The van der Waals surface area contributed by atoms with Gasteiger partial charge in [0.25, 0.3) is 0 Å². The average Bonchev–Trinajstić information content (AvgIpc) is 2.94. The van der Waals surface area contributed by atoms with Crippen molar-refractivity contribution in [2.24, 2.45) is 11.3 Å². The first-order chi connectivity index (χ1) is 6.28. The molecular formula is C11H20N2. The second-order valence-electron chi connectivity index (χ2n) is 5.43. The molecule has 2 unspecified atom stereocenters. The molecule has 2 atom stereocenters. The maximum absolute atomic E-state index is 3.67. The van der Waals surface area contributed by atoms with E-state index in [9.17, 15) is 0 Å². The second-order valence-corrected chi connectivity index (χ2v) is 5.43. The molecule has 0 aromatic heterocycles. The Kier molecular flexibility index (Phi) is 1.72. The van der Waals surface area contributed by atoms with Crippen molar-refractivity contribution in [2.45, 2.75) is 31.7 Å². The summed E-state index contributed by atoms with van der Waals surface area (Å²) >= 11 is 0. The Hall–Kier alpha value is -0.0800. The third-order valence-electron chi connectivity index (χ3n) is 4.17. The summed E-state index contributed by atoms with van der Waals surface area (Å²) in [6.07, 6.45) is 5.82. The van der Waals surface area contributed by atoms with Crippen LogP contribution in [-0.2, 0) is 0 Å². The molecule has 13 heavy (non-hydrogen) atoms. The van der Waals surface area contributed by atoms with Crippen LogP contribution in [0.2, 0.25) is 0 Å². The van der Waals surface area contributed by atoms with Crippen LogP contribution >= 0.6 is 0 Å². The molecule has 0 amide bonds. The van der Waals surface area contributed by atoms with Crippen molar-refractivity contribution in [1.29, 1.82) is 0 Å². The van der Waals surface area contributed by atoms with Gasteiger partial charge in [0.05, 0.1) is 0 Å². The van der Waals surface area contributed by atoms with Crippen LogP contribution < -0.4 is 5.32 Å². The van der Waals surface area contributed by atoms with E-state index in [1.165, 1.54) is 45.3 Å². The fraction of sp³-hybridized carbons (Fsp3) is 1.00. The smallest absolute Gasteiger partial charge is 0.00683 e. The predicted molar refractivity (Wildman–Crippen MR) is 53.7 cm³/mol. The van der Waals surface area contributed by atoms with Crippen LogP contribution in [0.1, 0.15) is 25.7 Å². The van der Waals surface area contributed by atoms with E-state index >= 15 is 0 Å². The van der Waals surface area contributed by atoms with Gasteiger partial charge < -0.3 is 10.2 Å². The van der Waals surface area contributed by atoms with Gasteiger partial charge in [0.2, 0.25) is 0 Å². The normalized spacial score (nSPS) is 44.5. The zero-order chi connectivity index (χ0) is 8.89. The molecule has 3 rings (SSSR count). The summed E-state index contributed by atoms with van der Waals surface area (Å²) in [5, 5.41) is 3.67. The van der Waals surface area contributed by atoms with Crippen LogP contribution in [0.5, 0.6) is 0 Å². The molecule has 2 aliphatic carbocycles. The highest BCUT2D eigenvalue weighted by Gasteiger charge is 2.56. The Labute approximate surface area is 80.7 Å². The van der Waals surface area contributed by atoms with E-state index in [0.717, 1.165) is 17.4 Å². The first-order valence-electron chi connectivity index (χ1n) is 5.70. The van der Waals surface area contributed by atoms with E-state index in [2.05, 4.69) is 17.3 Å². The monoisotopic (exact) mass is 180 g/mol. The molecule has 1 saturated heterocycles. The van der Waals surface area contributed by atoms with E-state index in [0.29, 0.717) is 0 Å². The van der Waals surface area contributed by atoms with Gasteiger partial charge >= 0.3 is 0 Å². The lowest BCUT2D eigenvalue weighted by molar-refractivity contribution is 0.373. The third kappa shape index (κ3) is 1.50. The molecule has 3 aliphatic rings. The molecule has 1 heterocycles. The molecule has 2 saturated carbocycles. The largest absolute Gasteiger partial charge is 0.314 e. The van der Waals surface area contributed by atoms with Crippen LogP contribution in [0.25, 0.3) is 0 Å². The van der Waals surface area contributed by atoms with Crippen LogP contribution in [0.3, 0.4) is 0 Å². The summed E-state index contributed by atoms with van der Waals surface area (Å²) in [5.41, 5.74) is 0.761. The summed E-state index contributed by atoms with van der Waals surface area (Å²) in [7, 11) is 2.26. The summed E-state index contributed by atoms with van der Waals surface area (Å²) in [4.78, 5) is 2.50. The maximum atomic E-state index is 3.67. The van der Waals surface area contributed by atoms with Crippen molar-refractivity contribution < 1.29 is 0 Å². The number of hydrogen-bond acceptors (Lipinski definition) is 2. The van der Waals surface area contributed by atoms with Crippen molar-refractivity contribution in [3.8, 4) is 0 Å². The fourth-order valence-electron chi connectivity index (χ4n) is 2.93. The van der Waals surface area contributed by atoms with Gasteiger partial charge in [0.1, 0.15) is 0 Å². The number of rotatable bonds is 3. The van der Waals surface area contributed by atoms with Crippen molar-refractivity contribution in [3.05, 3.63) is 0 Å². The third-order valence-corrected chi connectivity index (χ3v) is 4.17. The minimum Gasteiger partial charge on any atom is -0.314 e. The van der Waals surface area contributed by atoms with Gasteiger partial charge in [-0.05, 0) is 57.2 Å². The zero-order valence-corrected chi connectivity index (χ0v) is 8.55. The van der Waals surface area contributed by atoms with Gasteiger partial charge in [-0.2, -0.15) is 0 Å². The maximum Gasteiger partial charge on any atom is 0.00683 e. The molecule has 0 radical (unpaired) electrons. The quantitative estimate of drug-likeness (QED) is 0.699. The Morgan fingerprint density at radius 2 is 2.31 bits per heavy atom. The first kappa shape index (κ1) is 8.25. The minimum absolute atomic E-state index is 0.761. The van der Waals surface area contributed by atoms with Gasteiger partial charge in [-0.25, -0.2) is 0 Å². The van der Waals surface area contributed by atoms with E-state index in [-0.39, 0.29) is 0 Å². The van der Waals surface area contributed by atoms with E-state index < -0.39 is 0 Å². The molecule has 1 spiro atoms. The number of hydrogen-bond donors (Lipinski definition) is 1. The molecular weight excluding hydrogens is 160 g/mol. The molecule has 2 heteroatoms. The van der Waals surface area contributed by atoms with Crippen molar-refractivity contribution >= 4 is 0 Å². The molecule has 3 fully saturated rings. The van der Waals surface area contributed by atoms with Crippen LogP contribution in [0, 0.1) is 11.3 Å². The predicted octanol–water partition coefficient (Wildman–Crippen LogP) is 1.08. The number of likely N-dealkylation sites (tertiary alicyclic amines) is 1. The molecule has 0 bridgehead atoms. The van der Waals surface area contributed by atoms with Crippen molar-refractivity contribution in [2.75, 3.05) is 26.7 Å². The summed E-state index contributed by atoms with van der Waals surface area (Å²) in [6, 6.07) is 0.900. The minimum atomic E-state index is 0.761. The van der Waals surface area contributed by atoms with E-state index in [1.807, 2.05) is 0 Å². The standard InChI is InChI=1S/C11H20N2/c1-13-5-4-11(8-13)6-9(11)7-12-10-2-3-10/h9-10,12H,2-8H2,1H3. The lowest BCUT2D eigenvalue weighted by atomic mass is 10.0. The summed E-state index contributed by atoms with van der Waals surface area (Å²) in [6.45, 7) is 4.00. The van der Waals surface area contributed by atoms with E-state index in [4.69, 9.17) is 0 Å². The van der Waals surface area contributed by atoms with Gasteiger partial charge in [0.15, 0.2) is 0 Å². The topological polar surface area (TPSA) is 15.3 Å². The summed E-state index contributed by atoms with van der Waals surface area (Å²) in [5.74, 6) is 1.01. The van der Waals surface area contributed by atoms with Crippen LogP contribution in [0.4, 0.5) is 0 Å². The van der Waals surface area contributed by atoms with Gasteiger partial charge in [0, 0.05) is 12.6 Å². The highest BCUT2D eigenvalue weighted by Crippen LogP contribution is 2.57. The Morgan fingerprint density at radius 3 is 2.92 bits per heavy atom. The van der Waals surface area contributed by atoms with Crippen LogP contribution in [-0.4, -0.2) is 37.6 Å². The lowest BCUT2D eigenvalue weighted by Crippen LogP contribution is -2.23.